The zero-order chi connectivity index (χ0) is 9.38. The second kappa shape index (κ2) is 2.66. The Hall–Kier alpha value is -2.17. The average molecular weight is 185 g/mol. The fourth-order valence-corrected chi connectivity index (χ4v) is 1.36. The topological polar surface area (TPSA) is 70.2 Å². The average Bonchev–Trinajstić information content (AvgIpc) is 2.86. The fourth-order valence-electron chi connectivity index (χ4n) is 1.36. The maximum absolute atomic E-state index is 4.33. The maximum Gasteiger partial charge on any atom is 0.178 e. The van der Waals surface area contributed by atoms with Gasteiger partial charge in [-0.2, -0.15) is 5.10 Å². The van der Waals surface area contributed by atoms with Crippen LogP contribution in [0.25, 0.3) is 22.6 Å². The van der Waals surface area contributed by atoms with Crippen molar-refractivity contribution in [1.29, 1.82) is 0 Å². The molecule has 0 atom stereocenters. The van der Waals surface area contributed by atoms with Gasteiger partial charge in [0.05, 0.1) is 17.3 Å². The Morgan fingerprint density at radius 1 is 1.29 bits per heavy atom. The van der Waals surface area contributed by atoms with E-state index < -0.39 is 0 Å². The molecule has 0 aliphatic heterocycles. The van der Waals surface area contributed by atoms with Crippen LogP contribution in [0.15, 0.2) is 30.7 Å². The van der Waals surface area contributed by atoms with Crippen LogP contribution in [0.4, 0.5) is 0 Å². The molecule has 2 N–H and O–H groups in total. The Labute approximate surface area is 79.2 Å². The summed E-state index contributed by atoms with van der Waals surface area (Å²) in [5, 5.41) is 6.61. The van der Waals surface area contributed by atoms with Gasteiger partial charge in [0.25, 0.3) is 0 Å². The molecule has 3 rings (SSSR count). The van der Waals surface area contributed by atoms with Crippen molar-refractivity contribution in [3.63, 3.8) is 0 Å². The monoisotopic (exact) mass is 185 g/mol. The minimum absolute atomic E-state index is 0.726. The van der Waals surface area contributed by atoms with Crippen molar-refractivity contribution in [2.75, 3.05) is 0 Å². The highest BCUT2D eigenvalue weighted by atomic mass is 15.1. The zero-order valence-electron chi connectivity index (χ0n) is 7.23. The van der Waals surface area contributed by atoms with Gasteiger partial charge in [-0.25, -0.2) is 9.97 Å². The van der Waals surface area contributed by atoms with Crippen LogP contribution in [0.3, 0.4) is 0 Å². The van der Waals surface area contributed by atoms with E-state index >= 15 is 0 Å². The lowest BCUT2D eigenvalue weighted by molar-refractivity contribution is 1.09. The number of nitrogens with one attached hydrogen (secondary N) is 2. The summed E-state index contributed by atoms with van der Waals surface area (Å²) >= 11 is 0. The van der Waals surface area contributed by atoms with Crippen molar-refractivity contribution in [1.82, 2.24) is 25.1 Å². The Bertz CT molecular complexity index is 518. The van der Waals surface area contributed by atoms with Crippen LogP contribution in [0.5, 0.6) is 0 Å². The number of aromatic nitrogens is 5. The smallest absolute Gasteiger partial charge is 0.178 e. The van der Waals surface area contributed by atoms with Gasteiger partial charge in [0.1, 0.15) is 5.82 Å². The van der Waals surface area contributed by atoms with Gasteiger partial charge in [-0.15, -0.1) is 0 Å². The number of imidazole rings is 1. The number of hydrogen-bond donors (Lipinski definition) is 2. The van der Waals surface area contributed by atoms with Crippen molar-refractivity contribution in [3.8, 4) is 11.4 Å². The molecular formula is C9H7N5. The van der Waals surface area contributed by atoms with E-state index in [0.717, 1.165) is 22.6 Å². The molecule has 0 unspecified atom stereocenters. The number of aromatic amines is 2. The van der Waals surface area contributed by atoms with Crippen molar-refractivity contribution in [3.05, 3.63) is 30.7 Å². The largest absolute Gasteiger partial charge is 0.336 e. The summed E-state index contributed by atoms with van der Waals surface area (Å²) in [4.78, 5) is 11.6. The quantitative estimate of drug-likeness (QED) is 0.601. The third-order valence-electron chi connectivity index (χ3n) is 2.03. The lowest BCUT2D eigenvalue weighted by atomic mass is 10.3. The molecular weight excluding hydrogens is 178 g/mol. The van der Waals surface area contributed by atoms with E-state index in [1.165, 1.54) is 0 Å². The van der Waals surface area contributed by atoms with E-state index in [4.69, 9.17) is 0 Å². The van der Waals surface area contributed by atoms with Crippen molar-refractivity contribution < 1.29 is 0 Å². The second-order valence-corrected chi connectivity index (χ2v) is 2.95. The van der Waals surface area contributed by atoms with Crippen LogP contribution in [-0.4, -0.2) is 25.1 Å². The number of pyridine rings is 1. The van der Waals surface area contributed by atoms with Crippen LogP contribution in [-0.2, 0) is 0 Å². The molecule has 3 aromatic rings. The Balaban J connectivity index is 2.24. The highest BCUT2D eigenvalue weighted by Gasteiger charge is 2.05. The van der Waals surface area contributed by atoms with E-state index in [2.05, 4.69) is 25.1 Å². The molecule has 3 heterocycles. The van der Waals surface area contributed by atoms with Crippen molar-refractivity contribution >= 4 is 11.2 Å². The van der Waals surface area contributed by atoms with Crippen LogP contribution < -0.4 is 0 Å². The van der Waals surface area contributed by atoms with Crippen LogP contribution in [0, 0.1) is 0 Å². The van der Waals surface area contributed by atoms with Crippen LogP contribution >= 0.6 is 0 Å². The van der Waals surface area contributed by atoms with Gasteiger partial charge < -0.3 is 4.98 Å². The number of rotatable bonds is 1. The standard InChI is InChI=1S/C9H7N5/c1-2-7-9(10-3-1)14-8(13-7)6-4-11-12-5-6/h1-5H,(H,11,12)(H,10,13,14). The first-order valence-electron chi connectivity index (χ1n) is 4.23. The second-order valence-electron chi connectivity index (χ2n) is 2.95. The lowest BCUT2D eigenvalue weighted by Crippen LogP contribution is -1.75. The molecule has 5 nitrogen and oxygen atoms in total. The number of nitrogens with zero attached hydrogens (tertiary/aromatic N) is 3. The molecule has 5 heteroatoms. The first-order chi connectivity index (χ1) is 6.93. The summed E-state index contributed by atoms with van der Waals surface area (Å²) in [6.45, 7) is 0. The summed E-state index contributed by atoms with van der Waals surface area (Å²) in [7, 11) is 0. The number of hydrogen-bond acceptors (Lipinski definition) is 3. The third kappa shape index (κ3) is 0.990. The van der Waals surface area contributed by atoms with E-state index in [9.17, 15) is 0 Å². The Morgan fingerprint density at radius 2 is 2.29 bits per heavy atom. The van der Waals surface area contributed by atoms with Crippen molar-refractivity contribution in [2.45, 2.75) is 0 Å². The molecule has 0 spiro atoms. The molecule has 0 fully saturated rings. The predicted molar refractivity (Wildman–Crippen MR) is 51.5 cm³/mol. The lowest BCUT2D eigenvalue weighted by Gasteiger charge is -1.84. The van der Waals surface area contributed by atoms with E-state index in [1.807, 2.05) is 12.1 Å². The van der Waals surface area contributed by atoms with E-state index in [0.29, 0.717) is 0 Å². The third-order valence-corrected chi connectivity index (χ3v) is 2.03. The molecule has 0 saturated carbocycles. The van der Waals surface area contributed by atoms with Gasteiger partial charge >= 0.3 is 0 Å². The van der Waals surface area contributed by atoms with E-state index in [-0.39, 0.29) is 0 Å². The molecule has 0 radical (unpaired) electrons. The van der Waals surface area contributed by atoms with Gasteiger partial charge in [-0.05, 0) is 12.1 Å². The highest BCUT2D eigenvalue weighted by Crippen LogP contribution is 2.16. The van der Waals surface area contributed by atoms with Gasteiger partial charge in [-0.1, -0.05) is 0 Å². The van der Waals surface area contributed by atoms with E-state index in [1.54, 1.807) is 18.6 Å². The predicted octanol–water partition coefficient (Wildman–Crippen LogP) is 1.35. The maximum atomic E-state index is 4.33. The summed E-state index contributed by atoms with van der Waals surface area (Å²) < 4.78 is 0. The molecule has 0 aromatic carbocycles. The Morgan fingerprint density at radius 3 is 3.07 bits per heavy atom. The molecule has 0 saturated heterocycles. The molecule has 0 bridgehead atoms. The van der Waals surface area contributed by atoms with Gasteiger partial charge in [0.15, 0.2) is 5.65 Å². The first-order valence-corrected chi connectivity index (χ1v) is 4.23. The zero-order valence-corrected chi connectivity index (χ0v) is 7.23. The molecule has 0 amide bonds. The van der Waals surface area contributed by atoms with Gasteiger partial charge in [-0.3, -0.25) is 5.10 Å². The molecule has 0 aliphatic carbocycles. The molecule has 14 heavy (non-hydrogen) atoms. The first kappa shape index (κ1) is 7.25. The highest BCUT2D eigenvalue weighted by molar-refractivity contribution is 5.75. The molecule has 68 valence electrons. The molecule has 0 aliphatic rings. The summed E-state index contributed by atoms with van der Waals surface area (Å²) in [5.74, 6) is 0.785. The minimum Gasteiger partial charge on any atom is -0.336 e. The SMILES string of the molecule is c1cnc2nc(-c3cn[nH]c3)[nH]c2c1. The number of fused-ring (bicyclic) bond motifs is 1. The van der Waals surface area contributed by atoms with Gasteiger partial charge in [0, 0.05) is 12.4 Å². The van der Waals surface area contributed by atoms with Crippen LogP contribution in [0.1, 0.15) is 0 Å². The summed E-state index contributed by atoms with van der Waals surface area (Å²) in [5.41, 5.74) is 2.59. The summed E-state index contributed by atoms with van der Waals surface area (Å²) in [6, 6.07) is 3.82. The minimum atomic E-state index is 0.726. The number of H-pyrrole nitrogens is 2. The van der Waals surface area contributed by atoms with Gasteiger partial charge in [0.2, 0.25) is 0 Å². The fraction of sp³-hybridized carbons (Fsp3) is 0. The summed E-state index contributed by atoms with van der Waals surface area (Å²) in [6.07, 6.45) is 5.23. The normalized spacial score (nSPS) is 10.9. The molecule has 3 aromatic heterocycles. The van der Waals surface area contributed by atoms with Crippen molar-refractivity contribution in [2.24, 2.45) is 0 Å². The Kier molecular flexibility index (Phi) is 1.38. The van der Waals surface area contributed by atoms with Crippen LogP contribution in [0.2, 0.25) is 0 Å².